The maximum absolute atomic E-state index is 6.47. The summed E-state index contributed by atoms with van der Waals surface area (Å²) in [5.74, 6) is 0.728. The fourth-order valence-corrected chi connectivity index (χ4v) is 9.69. The van der Waals surface area contributed by atoms with Gasteiger partial charge in [-0.3, -0.25) is 0 Å². The largest absolute Gasteiger partial charge is 0.456 e. The van der Waals surface area contributed by atoms with E-state index in [9.17, 15) is 0 Å². The van der Waals surface area contributed by atoms with Crippen LogP contribution in [0.1, 0.15) is 35.8 Å². The molecule has 0 saturated carbocycles. The average molecular weight is 653 g/mol. The molecule has 2 unspecified atom stereocenters. The molecule has 12 rings (SSSR count). The van der Waals surface area contributed by atoms with E-state index in [1.807, 2.05) is 6.07 Å². The predicted octanol–water partition coefficient (Wildman–Crippen LogP) is 12.9. The van der Waals surface area contributed by atoms with Crippen LogP contribution in [-0.4, -0.2) is 4.40 Å². The molecule has 9 aromatic rings. The fraction of sp³-hybridized carbons (Fsp3) is 0.0833. The van der Waals surface area contributed by atoms with E-state index in [4.69, 9.17) is 4.42 Å². The van der Waals surface area contributed by atoms with Crippen molar-refractivity contribution in [2.75, 3.05) is 4.90 Å². The lowest BCUT2D eigenvalue weighted by atomic mass is 9.66. The third-order valence-corrected chi connectivity index (χ3v) is 11.9. The first-order chi connectivity index (χ1) is 25.3. The number of anilines is 2. The average Bonchev–Trinajstić information content (AvgIpc) is 3.85. The van der Waals surface area contributed by atoms with E-state index >= 15 is 0 Å². The highest BCUT2D eigenvalue weighted by Crippen LogP contribution is 2.53. The second-order valence-electron chi connectivity index (χ2n) is 14.4. The number of hydrogen-bond acceptors (Lipinski definition) is 2. The number of rotatable bonds is 3. The van der Waals surface area contributed by atoms with Crippen LogP contribution in [-0.2, 0) is 0 Å². The van der Waals surface area contributed by atoms with Crippen molar-refractivity contribution < 1.29 is 4.42 Å². The van der Waals surface area contributed by atoms with Crippen LogP contribution < -0.4 is 4.90 Å². The Kier molecular flexibility index (Phi) is 5.45. The number of aromatic nitrogens is 1. The van der Waals surface area contributed by atoms with E-state index in [0.29, 0.717) is 11.8 Å². The molecule has 2 atom stereocenters. The highest BCUT2D eigenvalue weighted by Gasteiger charge is 2.37. The van der Waals surface area contributed by atoms with Crippen LogP contribution in [0.5, 0.6) is 0 Å². The molecule has 0 radical (unpaired) electrons. The molecule has 3 nitrogen and oxygen atoms in total. The highest BCUT2D eigenvalue weighted by molar-refractivity contribution is 6.23. The molecule has 51 heavy (non-hydrogen) atoms. The lowest BCUT2D eigenvalue weighted by Gasteiger charge is -2.41. The van der Waals surface area contributed by atoms with Gasteiger partial charge in [0.15, 0.2) is 0 Å². The van der Waals surface area contributed by atoms with Gasteiger partial charge in [-0.1, -0.05) is 103 Å². The number of fused-ring (bicyclic) bond motifs is 15. The highest BCUT2D eigenvalue weighted by atomic mass is 16.3. The van der Waals surface area contributed by atoms with Gasteiger partial charge in [0.1, 0.15) is 11.2 Å². The summed E-state index contributed by atoms with van der Waals surface area (Å²) in [5, 5.41) is 7.47. The van der Waals surface area contributed by atoms with Gasteiger partial charge < -0.3 is 13.7 Å². The van der Waals surface area contributed by atoms with Gasteiger partial charge in [-0.15, -0.1) is 0 Å². The van der Waals surface area contributed by atoms with Crippen molar-refractivity contribution in [3.63, 3.8) is 0 Å². The molecule has 0 fully saturated rings. The third-order valence-electron chi connectivity index (χ3n) is 11.9. The summed E-state index contributed by atoms with van der Waals surface area (Å²) in [4.78, 5) is 2.48. The fourth-order valence-electron chi connectivity index (χ4n) is 9.69. The molecule has 3 heterocycles. The number of furan rings is 1. The SMILES string of the molecule is C1=CCC2C(=C1)C1=CC=C(N(c3ccc4c(c3)oc3ccccc34)c3ccc4c(c3)c3cccc5c6ccccc6n4c53)CC1c1ccccc12. The topological polar surface area (TPSA) is 20.8 Å². The second kappa shape index (κ2) is 10.1. The molecule has 0 bridgehead atoms. The van der Waals surface area contributed by atoms with Crippen molar-refractivity contribution in [3.8, 4) is 0 Å². The zero-order chi connectivity index (χ0) is 33.2. The maximum atomic E-state index is 6.47. The van der Waals surface area contributed by atoms with Crippen molar-refractivity contribution in [2.45, 2.75) is 24.7 Å². The monoisotopic (exact) mass is 652 g/mol. The van der Waals surface area contributed by atoms with Gasteiger partial charge in [0.2, 0.25) is 0 Å². The summed E-state index contributed by atoms with van der Waals surface area (Å²) in [6.07, 6.45) is 13.7. The van der Waals surface area contributed by atoms with Crippen LogP contribution in [0.4, 0.5) is 11.4 Å². The third kappa shape index (κ3) is 3.73. The standard InChI is InChI=1S/C48H32N2O/c1-2-12-34-32(10-1)33-11-3-4-13-35(33)42-26-29(20-23-36(34)42)49(31-21-24-39-38-15-6-8-19-46(38)51-47(39)28-31)30-22-25-45-43(27-30)41-17-9-16-40-37-14-5-7-18-44(37)50(45)48(40)41/h1-9,11-25,27-28,32,42H,10,26H2. The minimum Gasteiger partial charge on any atom is -0.456 e. The van der Waals surface area contributed by atoms with Crippen molar-refractivity contribution in [2.24, 2.45) is 0 Å². The number of hydrogen-bond donors (Lipinski definition) is 0. The van der Waals surface area contributed by atoms with Gasteiger partial charge in [-0.2, -0.15) is 0 Å². The Morgan fingerprint density at radius 1 is 0.529 bits per heavy atom. The van der Waals surface area contributed by atoms with E-state index in [0.717, 1.165) is 46.2 Å². The first-order valence-electron chi connectivity index (χ1n) is 18.1. The van der Waals surface area contributed by atoms with Gasteiger partial charge in [0.25, 0.3) is 0 Å². The van der Waals surface area contributed by atoms with E-state index in [2.05, 4.69) is 161 Å². The van der Waals surface area contributed by atoms with Gasteiger partial charge in [-0.05, 0) is 83.7 Å². The predicted molar refractivity (Wildman–Crippen MR) is 212 cm³/mol. The van der Waals surface area contributed by atoms with E-state index in [1.54, 1.807) is 0 Å². The first-order valence-corrected chi connectivity index (χ1v) is 18.1. The smallest absolute Gasteiger partial charge is 0.137 e. The van der Waals surface area contributed by atoms with Gasteiger partial charge in [0.05, 0.1) is 16.6 Å². The summed E-state index contributed by atoms with van der Waals surface area (Å²) in [5.41, 5.74) is 15.0. The Bertz CT molecular complexity index is 3050. The van der Waals surface area contributed by atoms with Crippen molar-refractivity contribution >= 4 is 71.4 Å². The number of benzene rings is 6. The van der Waals surface area contributed by atoms with Crippen LogP contribution >= 0.6 is 0 Å². The molecule has 3 aliphatic rings. The number of allylic oxidation sites excluding steroid dienone is 8. The summed E-state index contributed by atoms with van der Waals surface area (Å²) in [6.45, 7) is 0. The lowest BCUT2D eigenvalue weighted by molar-refractivity contribution is 0.660. The lowest BCUT2D eigenvalue weighted by Crippen LogP contribution is -2.26. The molecule has 0 aliphatic heterocycles. The van der Waals surface area contributed by atoms with E-state index < -0.39 is 0 Å². The van der Waals surface area contributed by atoms with Gasteiger partial charge in [-0.25, -0.2) is 0 Å². The molecule has 240 valence electrons. The van der Waals surface area contributed by atoms with Crippen molar-refractivity contribution in [3.05, 3.63) is 186 Å². The summed E-state index contributed by atoms with van der Waals surface area (Å²) in [6, 6.07) is 46.8. The summed E-state index contributed by atoms with van der Waals surface area (Å²) >= 11 is 0. The normalized spacial score (nSPS) is 18.3. The number of para-hydroxylation sites is 3. The zero-order valence-corrected chi connectivity index (χ0v) is 27.9. The Morgan fingerprint density at radius 3 is 2.14 bits per heavy atom. The number of nitrogens with zero attached hydrogens (tertiary/aromatic N) is 2. The van der Waals surface area contributed by atoms with Crippen LogP contribution in [0.2, 0.25) is 0 Å². The molecule has 0 amide bonds. The van der Waals surface area contributed by atoms with E-state index in [-0.39, 0.29) is 0 Å². The minimum absolute atomic E-state index is 0.294. The molecule has 0 spiro atoms. The van der Waals surface area contributed by atoms with Crippen LogP contribution in [0, 0.1) is 0 Å². The maximum Gasteiger partial charge on any atom is 0.137 e. The molecule has 3 aromatic heterocycles. The Labute approximate surface area is 294 Å². The van der Waals surface area contributed by atoms with Crippen molar-refractivity contribution in [1.82, 2.24) is 4.40 Å². The molecule has 3 aliphatic carbocycles. The van der Waals surface area contributed by atoms with Crippen LogP contribution in [0.3, 0.4) is 0 Å². The zero-order valence-electron chi connectivity index (χ0n) is 27.9. The molecule has 0 N–H and O–H groups in total. The molecule has 6 aromatic carbocycles. The Morgan fingerprint density at radius 2 is 1.22 bits per heavy atom. The van der Waals surface area contributed by atoms with Gasteiger partial charge in [0, 0.05) is 67.3 Å². The van der Waals surface area contributed by atoms with Gasteiger partial charge >= 0.3 is 0 Å². The second-order valence-corrected chi connectivity index (χ2v) is 14.4. The summed E-state index contributed by atoms with van der Waals surface area (Å²) < 4.78 is 8.93. The molecule has 3 heteroatoms. The van der Waals surface area contributed by atoms with E-state index in [1.165, 1.54) is 66.1 Å². The Hall–Kier alpha value is -6.32. The molecule has 0 saturated heterocycles. The Balaban J connectivity index is 1.09. The van der Waals surface area contributed by atoms with Crippen molar-refractivity contribution in [1.29, 1.82) is 0 Å². The molecular weight excluding hydrogens is 621 g/mol. The molecular formula is C48H32N2O. The van der Waals surface area contributed by atoms with Crippen LogP contribution in [0.25, 0.3) is 60.0 Å². The quantitative estimate of drug-likeness (QED) is 0.189. The van der Waals surface area contributed by atoms with Crippen LogP contribution in [0.15, 0.2) is 179 Å². The summed E-state index contributed by atoms with van der Waals surface area (Å²) in [7, 11) is 0. The minimum atomic E-state index is 0.294. The first kappa shape index (κ1) is 27.5.